The Kier molecular flexibility index (Phi) is 4.39. The zero-order chi connectivity index (χ0) is 14.0. The maximum atomic E-state index is 6.27. The SMILES string of the molecule is CC1CN(/C(N)=N/C2CCCCC2(C)C)CC(C)N1. The molecule has 4 heteroatoms. The summed E-state index contributed by atoms with van der Waals surface area (Å²) >= 11 is 0. The first-order chi connectivity index (χ1) is 8.88. The maximum absolute atomic E-state index is 6.27. The standard InChI is InChI=1S/C15H30N4/c1-11-9-19(10-12(2)17-11)14(16)18-13-7-5-6-8-15(13,3)4/h11-13,17H,5-10H2,1-4H3,(H2,16,18). The highest BCUT2D eigenvalue weighted by Crippen LogP contribution is 2.37. The van der Waals surface area contributed by atoms with Gasteiger partial charge in [0.15, 0.2) is 5.96 Å². The second-order valence-corrected chi connectivity index (χ2v) is 7.11. The van der Waals surface area contributed by atoms with Crippen LogP contribution in [0.25, 0.3) is 0 Å². The fourth-order valence-electron chi connectivity index (χ4n) is 3.47. The third-order valence-corrected chi connectivity index (χ3v) is 4.62. The van der Waals surface area contributed by atoms with Crippen LogP contribution in [0.4, 0.5) is 0 Å². The fraction of sp³-hybridized carbons (Fsp3) is 0.933. The summed E-state index contributed by atoms with van der Waals surface area (Å²) in [5.74, 6) is 0.750. The molecule has 1 heterocycles. The molecule has 1 saturated carbocycles. The van der Waals surface area contributed by atoms with Crippen LogP contribution in [-0.2, 0) is 0 Å². The molecule has 0 radical (unpaired) electrons. The third-order valence-electron chi connectivity index (χ3n) is 4.62. The summed E-state index contributed by atoms with van der Waals surface area (Å²) in [6.07, 6.45) is 5.08. The van der Waals surface area contributed by atoms with Gasteiger partial charge in [0.2, 0.25) is 0 Å². The molecule has 2 rings (SSSR count). The van der Waals surface area contributed by atoms with E-state index >= 15 is 0 Å². The molecule has 0 amide bonds. The lowest BCUT2D eigenvalue weighted by molar-refractivity contribution is 0.198. The van der Waals surface area contributed by atoms with Crippen molar-refractivity contribution in [1.29, 1.82) is 0 Å². The average Bonchev–Trinajstić information content (AvgIpc) is 2.30. The monoisotopic (exact) mass is 266 g/mol. The van der Waals surface area contributed by atoms with E-state index in [-0.39, 0.29) is 0 Å². The van der Waals surface area contributed by atoms with Gasteiger partial charge < -0.3 is 16.0 Å². The Labute approximate surface area is 117 Å². The van der Waals surface area contributed by atoms with Crippen molar-refractivity contribution in [3.63, 3.8) is 0 Å². The Morgan fingerprint density at radius 2 is 1.84 bits per heavy atom. The van der Waals surface area contributed by atoms with Crippen LogP contribution in [0.15, 0.2) is 4.99 Å². The summed E-state index contributed by atoms with van der Waals surface area (Å²) in [5, 5.41) is 3.53. The lowest BCUT2D eigenvalue weighted by atomic mass is 9.73. The molecule has 19 heavy (non-hydrogen) atoms. The minimum atomic E-state index is 0.300. The van der Waals surface area contributed by atoms with E-state index in [0.717, 1.165) is 19.0 Å². The highest BCUT2D eigenvalue weighted by molar-refractivity contribution is 5.78. The molecule has 1 aliphatic carbocycles. The van der Waals surface area contributed by atoms with E-state index < -0.39 is 0 Å². The number of piperazine rings is 1. The topological polar surface area (TPSA) is 53.6 Å². The van der Waals surface area contributed by atoms with E-state index in [1.807, 2.05) is 0 Å². The van der Waals surface area contributed by atoms with Crippen LogP contribution in [0.3, 0.4) is 0 Å². The Bertz CT molecular complexity index is 327. The smallest absolute Gasteiger partial charge is 0.191 e. The Morgan fingerprint density at radius 3 is 2.42 bits per heavy atom. The van der Waals surface area contributed by atoms with Crippen molar-refractivity contribution in [2.45, 2.75) is 71.5 Å². The van der Waals surface area contributed by atoms with Gasteiger partial charge in [-0.3, -0.25) is 0 Å². The molecule has 3 unspecified atom stereocenters. The summed E-state index contributed by atoms with van der Waals surface area (Å²) in [4.78, 5) is 7.12. The molecular weight excluding hydrogens is 236 g/mol. The van der Waals surface area contributed by atoms with Gasteiger partial charge in [0, 0.05) is 25.2 Å². The molecule has 0 spiro atoms. The highest BCUT2D eigenvalue weighted by Gasteiger charge is 2.33. The number of aliphatic imine (C=N–C) groups is 1. The molecule has 4 nitrogen and oxygen atoms in total. The lowest BCUT2D eigenvalue weighted by Gasteiger charge is -2.39. The zero-order valence-electron chi connectivity index (χ0n) is 12.9. The van der Waals surface area contributed by atoms with Crippen LogP contribution in [0, 0.1) is 5.41 Å². The van der Waals surface area contributed by atoms with Gasteiger partial charge in [-0.1, -0.05) is 26.7 Å². The molecule has 0 aromatic rings. The van der Waals surface area contributed by atoms with Crippen LogP contribution >= 0.6 is 0 Å². The fourth-order valence-corrected chi connectivity index (χ4v) is 3.47. The summed E-state index contributed by atoms with van der Waals surface area (Å²) < 4.78 is 0. The van der Waals surface area contributed by atoms with Crippen molar-refractivity contribution in [2.75, 3.05) is 13.1 Å². The van der Waals surface area contributed by atoms with Crippen LogP contribution in [0.5, 0.6) is 0 Å². The third kappa shape index (κ3) is 3.62. The Morgan fingerprint density at radius 1 is 1.21 bits per heavy atom. The molecule has 2 fully saturated rings. The van der Waals surface area contributed by atoms with E-state index in [9.17, 15) is 0 Å². The lowest BCUT2D eigenvalue weighted by Crippen LogP contribution is -2.57. The summed E-state index contributed by atoms with van der Waals surface area (Å²) in [7, 11) is 0. The molecule has 0 bridgehead atoms. The first kappa shape index (κ1) is 14.6. The second kappa shape index (κ2) is 5.70. The minimum Gasteiger partial charge on any atom is -0.370 e. The Hall–Kier alpha value is -0.770. The van der Waals surface area contributed by atoms with Crippen molar-refractivity contribution in [3.8, 4) is 0 Å². The molecule has 110 valence electrons. The molecular formula is C15H30N4. The summed E-state index contributed by atoms with van der Waals surface area (Å²) in [6, 6.07) is 1.36. The number of nitrogens with zero attached hydrogens (tertiary/aromatic N) is 2. The van der Waals surface area contributed by atoms with E-state index in [1.54, 1.807) is 0 Å². The number of rotatable bonds is 1. The normalized spacial score (nSPS) is 36.3. The number of hydrogen-bond acceptors (Lipinski definition) is 2. The molecule has 2 aliphatic rings. The van der Waals surface area contributed by atoms with Gasteiger partial charge in [-0.05, 0) is 32.1 Å². The molecule has 1 aliphatic heterocycles. The van der Waals surface area contributed by atoms with E-state index in [2.05, 4.69) is 37.9 Å². The van der Waals surface area contributed by atoms with Crippen LogP contribution in [0.2, 0.25) is 0 Å². The number of nitrogens with two attached hydrogens (primary N) is 1. The van der Waals surface area contributed by atoms with E-state index in [0.29, 0.717) is 23.5 Å². The van der Waals surface area contributed by atoms with Crippen LogP contribution < -0.4 is 11.1 Å². The molecule has 3 N–H and O–H groups in total. The van der Waals surface area contributed by atoms with E-state index in [1.165, 1.54) is 25.7 Å². The second-order valence-electron chi connectivity index (χ2n) is 7.11. The first-order valence-electron chi connectivity index (χ1n) is 7.73. The van der Waals surface area contributed by atoms with Crippen molar-refractivity contribution in [2.24, 2.45) is 16.1 Å². The average molecular weight is 266 g/mol. The number of nitrogens with one attached hydrogen (secondary N) is 1. The molecule has 0 aromatic carbocycles. The van der Waals surface area contributed by atoms with Gasteiger partial charge in [0.1, 0.15) is 0 Å². The highest BCUT2D eigenvalue weighted by atomic mass is 15.3. The summed E-state index contributed by atoms with van der Waals surface area (Å²) in [5.41, 5.74) is 6.57. The van der Waals surface area contributed by atoms with Gasteiger partial charge in [-0.15, -0.1) is 0 Å². The predicted molar refractivity (Wildman–Crippen MR) is 81.3 cm³/mol. The minimum absolute atomic E-state index is 0.300. The summed E-state index contributed by atoms with van der Waals surface area (Å²) in [6.45, 7) is 11.0. The first-order valence-corrected chi connectivity index (χ1v) is 7.73. The van der Waals surface area contributed by atoms with Crippen molar-refractivity contribution in [3.05, 3.63) is 0 Å². The maximum Gasteiger partial charge on any atom is 0.191 e. The van der Waals surface area contributed by atoms with Crippen LogP contribution in [-0.4, -0.2) is 42.1 Å². The van der Waals surface area contributed by atoms with Gasteiger partial charge in [-0.25, -0.2) is 4.99 Å². The zero-order valence-corrected chi connectivity index (χ0v) is 12.9. The van der Waals surface area contributed by atoms with Gasteiger partial charge in [0.25, 0.3) is 0 Å². The van der Waals surface area contributed by atoms with Gasteiger partial charge in [-0.2, -0.15) is 0 Å². The predicted octanol–water partition coefficient (Wildman–Crippen LogP) is 1.95. The molecule has 0 aromatic heterocycles. The quantitative estimate of drug-likeness (QED) is 0.563. The van der Waals surface area contributed by atoms with Crippen molar-refractivity contribution >= 4 is 5.96 Å². The molecule has 1 saturated heterocycles. The van der Waals surface area contributed by atoms with Gasteiger partial charge in [0.05, 0.1) is 6.04 Å². The molecule has 3 atom stereocenters. The largest absolute Gasteiger partial charge is 0.370 e. The van der Waals surface area contributed by atoms with Crippen molar-refractivity contribution in [1.82, 2.24) is 10.2 Å². The Balaban J connectivity index is 2.05. The van der Waals surface area contributed by atoms with Crippen molar-refractivity contribution < 1.29 is 0 Å². The number of hydrogen-bond donors (Lipinski definition) is 2. The number of guanidine groups is 1. The van der Waals surface area contributed by atoms with E-state index in [4.69, 9.17) is 10.7 Å². The van der Waals surface area contributed by atoms with Crippen LogP contribution in [0.1, 0.15) is 53.4 Å². The van der Waals surface area contributed by atoms with Gasteiger partial charge >= 0.3 is 0 Å².